The van der Waals surface area contributed by atoms with E-state index >= 15 is 0 Å². The van der Waals surface area contributed by atoms with Crippen LogP contribution < -0.4 is 0 Å². The van der Waals surface area contributed by atoms with Gasteiger partial charge in [0.2, 0.25) is 0 Å². The third kappa shape index (κ3) is 275. The fraction of sp³-hybridized carbons (Fsp3) is 1.00. The van der Waals surface area contributed by atoms with Crippen LogP contribution in [0.4, 0.5) is 0 Å². The Morgan fingerprint density at radius 3 is 0.176 bits per heavy atom. The van der Waals surface area contributed by atoms with Crippen LogP contribution in [-0.2, 0) is 0 Å². The Labute approximate surface area is 773 Å². The summed E-state index contributed by atoms with van der Waals surface area (Å²) in [5, 5.41) is 480. The molecule has 828 valence electrons. The van der Waals surface area contributed by atoms with Crippen molar-refractivity contribution in [3.8, 4) is 0 Å². The third-order valence-corrected chi connectivity index (χ3v) is 12.9. The van der Waals surface area contributed by atoms with Crippen molar-refractivity contribution in [2.45, 2.75) is 136 Å². The predicted molar refractivity (Wildman–Crippen MR) is 467 cm³/mol. The van der Waals surface area contributed by atoms with E-state index in [2.05, 4.69) is 25.6 Å². The fourth-order valence-corrected chi connectivity index (χ4v) is 4.45. The Balaban J connectivity index is -0.0000000511. The van der Waals surface area contributed by atoms with E-state index in [1.807, 2.05) is 23.5 Å². The smallest absolute Gasteiger partial charge is 0.100 e. The minimum atomic E-state index is -0.954. The zero-order valence-corrected chi connectivity index (χ0v) is 76.6. The second-order valence-corrected chi connectivity index (χ2v) is 26.4. The van der Waals surface area contributed by atoms with Crippen LogP contribution in [0.2, 0.25) is 0 Å². The van der Waals surface area contributed by atoms with Crippen LogP contribution >= 0.6 is 35.3 Å². The van der Waals surface area contributed by atoms with Crippen LogP contribution in [-0.4, -0.2) is 727 Å². The van der Waals surface area contributed by atoms with E-state index in [-0.39, 0.29) is 264 Å². The van der Waals surface area contributed by atoms with Gasteiger partial charge in [0.05, 0.1) is 264 Å². The first kappa shape index (κ1) is 182. The Kier molecular flexibility index (Phi) is 251. The number of rotatable bonds is 48. The molecule has 0 fully saturated rings. The van der Waals surface area contributed by atoms with Gasteiger partial charge in [0.15, 0.2) is 0 Å². The van der Waals surface area contributed by atoms with Crippen LogP contribution in [0.15, 0.2) is 0 Å². The van der Waals surface area contributed by atoms with Crippen molar-refractivity contribution < 1.29 is 306 Å². The lowest BCUT2D eigenvalue weighted by Crippen LogP contribution is -2.15. The Morgan fingerprint density at radius 1 is 0.0992 bits per heavy atom. The van der Waals surface area contributed by atoms with Gasteiger partial charge < -0.3 is 306 Å². The Hall–Kier alpha value is -1.35. The molecule has 0 unspecified atom stereocenters. The lowest BCUT2D eigenvalue weighted by atomic mass is 10.4. The van der Waals surface area contributed by atoms with Gasteiger partial charge in [-0.15, -0.1) is 0 Å². The lowest BCUT2D eigenvalue weighted by molar-refractivity contribution is 0.0450. The van der Waals surface area contributed by atoms with E-state index in [1.165, 1.54) is 34.5 Å². The normalized spacial score (nSPS) is 10.0. The van der Waals surface area contributed by atoms with E-state index in [4.69, 9.17) is 306 Å². The molecule has 0 bridgehead atoms. The first-order valence-corrected chi connectivity index (χ1v) is 41.8. The van der Waals surface area contributed by atoms with Gasteiger partial charge in [0, 0.05) is 23.0 Å². The predicted octanol–water partition coefficient (Wildman–Crippen LogP) is -30.1. The summed E-state index contributed by atoms with van der Waals surface area (Å²) >= 11 is 6.18. The molecule has 0 saturated heterocycles. The molecule has 0 aromatic rings. The second kappa shape index (κ2) is 181. The first-order valence-electron chi connectivity index (χ1n) is 38.3. The van der Waals surface area contributed by atoms with Crippen molar-refractivity contribution in [1.29, 1.82) is 0 Å². The number of aliphatic hydroxyl groups excluding tert-OH is 60. The molecule has 60 nitrogen and oxygen atoms in total. The lowest BCUT2D eigenvalue weighted by Gasteiger charge is -1.99. The molecule has 131 heavy (non-hydrogen) atoms. The van der Waals surface area contributed by atoms with Crippen molar-refractivity contribution in [1.82, 2.24) is 0 Å². The summed E-state index contributed by atoms with van der Waals surface area (Å²) in [5.41, 5.74) is 0. The van der Waals surface area contributed by atoms with Crippen LogP contribution in [0.1, 0.15) is 13.8 Å². The van der Waals surface area contributed by atoms with E-state index in [0.717, 1.165) is 0 Å². The van der Waals surface area contributed by atoms with Gasteiger partial charge in [-0.2, -0.15) is 35.3 Å². The molecule has 0 aliphatic carbocycles. The largest absolute Gasteiger partial charge is 0.394 e. The molecule has 0 rings (SSSR count). The van der Waals surface area contributed by atoms with Gasteiger partial charge in [-0.1, -0.05) is 13.8 Å². The molecular weight excluding hydrogens is 1870 g/mol. The molecule has 0 aliphatic heterocycles. The molecule has 60 N–H and O–H groups in total. The fourth-order valence-electron chi connectivity index (χ4n) is 1.78. The summed E-state index contributed by atoms with van der Waals surface area (Å²) in [6.07, 6.45) is -19.1. The standard InChI is InChI=1S/C8H18S3.20C3H8O3/c1-3-9-5-7-11-8-6-10-4-2;20*4-1-3(6)2-5/h3-8H2,1-2H3;20*3-6H,1-2H2. The molecule has 0 aliphatic rings. The minimum Gasteiger partial charge on any atom is -0.394 e. The van der Waals surface area contributed by atoms with Gasteiger partial charge in [0.25, 0.3) is 0 Å². The summed E-state index contributed by atoms with van der Waals surface area (Å²) in [4.78, 5) is 0. The average Bonchev–Trinajstić information content (AvgIpc) is 2.39. The molecule has 0 saturated carbocycles. The van der Waals surface area contributed by atoms with Gasteiger partial charge >= 0.3 is 0 Å². The molecule has 0 amide bonds. The van der Waals surface area contributed by atoms with Crippen LogP contribution in [0, 0.1) is 0 Å². The highest BCUT2D eigenvalue weighted by molar-refractivity contribution is 8.04. The van der Waals surface area contributed by atoms with Gasteiger partial charge in [0.1, 0.15) is 122 Å². The molecule has 0 spiro atoms. The van der Waals surface area contributed by atoms with Crippen LogP contribution in [0.5, 0.6) is 0 Å². The van der Waals surface area contributed by atoms with E-state index < -0.39 is 122 Å². The van der Waals surface area contributed by atoms with E-state index in [1.54, 1.807) is 0 Å². The quantitative estimate of drug-likeness (QED) is 0.0252. The number of hydrogen-bond acceptors (Lipinski definition) is 63. The molecule has 0 atom stereocenters. The SMILES string of the molecule is CCSCCSCCSCC.OCC(O)CO.OCC(O)CO.OCC(O)CO.OCC(O)CO.OCC(O)CO.OCC(O)CO.OCC(O)CO.OCC(O)CO.OCC(O)CO.OCC(O)CO.OCC(O)CO.OCC(O)CO.OCC(O)CO.OCC(O)CO.OCC(O)CO.OCC(O)CO.OCC(O)CO.OCC(O)CO.OCC(O)CO.OCC(O)CO. The second-order valence-electron chi connectivity index (χ2n) is 22.4. The summed E-state index contributed by atoms with van der Waals surface area (Å²) in [7, 11) is 0. The first-order chi connectivity index (χ1) is 61.6. The van der Waals surface area contributed by atoms with Crippen molar-refractivity contribution >= 4 is 35.3 Å². The maximum absolute atomic E-state index is 8.17. The monoisotopic (exact) mass is 2050 g/mol. The average molecular weight is 2050 g/mol. The highest BCUT2D eigenvalue weighted by atomic mass is 32.2. The van der Waals surface area contributed by atoms with E-state index in [9.17, 15) is 0 Å². The summed E-state index contributed by atoms with van der Waals surface area (Å²) < 4.78 is 0. The highest BCUT2D eigenvalue weighted by Crippen LogP contribution is 2.09. The molecule has 0 aromatic carbocycles. The van der Waals surface area contributed by atoms with Crippen molar-refractivity contribution in [2.75, 3.05) is 299 Å². The van der Waals surface area contributed by atoms with Crippen molar-refractivity contribution in [3.05, 3.63) is 0 Å². The van der Waals surface area contributed by atoms with Crippen LogP contribution in [0.3, 0.4) is 0 Å². The topological polar surface area (TPSA) is 1210 Å². The zero-order chi connectivity index (χ0) is 108. The molecule has 0 radical (unpaired) electrons. The van der Waals surface area contributed by atoms with Gasteiger partial charge in [-0.3, -0.25) is 0 Å². The van der Waals surface area contributed by atoms with Crippen LogP contribution in [0.25, 0.3) is 0 Å². The Bertz CT molecular complexity index is 1100. The number of aliphatic hydroxyl groups is 60. The summed E-state index contributed by atoms with van der Waals surface area (Å²) in [6.45, 7) is -10.1. The van der Waals surface area contributed by atoms with E-state index in [0.29, 0.717) is 0 Å². The maximum atomic E-state index is 8.17. The summed E-state index contributed by atoms with van der Waals surface area (Å²) in [5.74, 6) is 7.87. The van der Waals surface area contributed by atoms with Gasteiger partial charge in [-0.05, 0) is 11.5 Å². The highest BCUT2D eigenvalue weighted by Gasteiger charge is 2.04. The molecule has 0 aromatic heterocycles. The van der Waals surface area contributed by atoms with Crippen molar-refractivity contribution in [3.63, 3.8) is 0 Å². The molecule has 0 heterocycles. The molecular formula is C68H178O60S3. The van der Waals surface area contributed by atoms with Crippen molar-refractivity contribution in [2.24, 2.45) is 0 Å². The van der Waals surface area contributed by atoms with Gasteiger partial charge in [-0.25, -0.2) is 0 Å². The maximum Gasteiger partial charge on any atom is 0.100 e. The zero-order valence-electron chi connectivity index (χ0n) is 74.1. The summed E-state index contributed by atoms with van der Waals surface area (Å²) in [6, 6.07) is 0. The number of thioether (sulfide) groups is 3. The number of hydrogen-bond donors (Lipinski definition) is 60. The Morgan fingerprint density at radius 2 is 0.145 bits per heavy atom. The molecule has 63 heteroatoms. The third-order valence-electron chi connectivity index (χ3n) is 9.58. The minimum absolute atomic E-state index is 0.365.